The highest BCUT2D eigenvalue weighted by Crippen LogP contribution is 2.26. The van der Waals surface area contributed by atoms with E-state index < -0.39 is 5.97 Å². The van der Waals surface area contributed by atoms with E-state index in [1.165, 1.54) is 10.6 Å². The number of carboxylic acids is 1. The van der Waals surface area contributed by atoms with Crippen molar-refractivity contribution in [2.24, 2.45) is 0 Å². The lowest BCUT2D eigenvalue weighted by atomic mass is 10.1. The van der Waals surface area contributed by atoms with Gasteiger partial charge in [0.1, 0.15) is 5.58 Å². The van der Waals surface area contributed by atoms with Crippen molar-refractivity contribution in [3.8, 4) is 0 Å². The SMILES string of the molecule is O=C(O)c1oc2ccccc2c1Cn1cc(Br)ccc1=O. The van der Waals surface area contributed by atoms with E-state index in [1.54, 1.807) is 36.5 Å². The van der Waals surface area contributed by atoms with Crippen LogP contribution in [0.4, 0.5) is 0 Å². The lowest BCUT2D eigenvalue weighted by Crippen LogP contribution is -2.19. The molecule has 21 heavy (non-hydrogen) atoms. The molecule has 0 amide bonds. The van der Waals surface area contributed by atoms with Crippen LogP contribution in [0.2, 0.25) is 0 Å². The van der Waals surface area contributed by atoms with Gasteiger partial charge in [-0.1, -0.05) is 18.2 Å². The number of carboxylic acid groups (broad SMARTS) is 1. The van der Waals surface area contributed by atoms with E-state index in [-0.39, 0.29) is 17.9 Å². The molecule has 2 aromatic heterocycles. The quantitative estimate of drug-likeness (QED) is 0.790. The fourth-order valence-corrected chi connectivity index (χ4v) is 2.60. The predicted octanol–water partition coefficient (Wildman–Crippen LogP) is 3.10. The molecule has 3 rings (SSSR count). The Morgan fingerprint density at radius 3 is 2.76 bits per heavy atom. The number of carbonyl (C=O) groups is 1. The van der Waals surface area contributed by atoms with Gasteiger partial charge in [0.2, 0.25) is 5.76 Å². The van der Waals surface area contributed by atoms with Crippen LogP contribution in [-0.4, -0.2) is 15.6 Å². The number of aromatic carboxylic acids is 1. The number of benzene rings is 1. The fourth-order valence-electron chi connectivity index (χ4n) is 2.22. The van der Waals surface area contributed by atoms with Crippen molar-refractivity contribution in [2.45, 2.75) is 6.54 Å². The second kappa shape index (κ2) is 5.21. The summed E-state index contributed by atoms with van der Waals surface area (Å²) in [5.41, 5.74) is 0.770. The monoisotopic (exact) mass is 347 g/mol. The summed E-state index contributed by atoms with van der Waals surface area (Å²) in [5, 5.41) is 9.97. The third kappa shape index (κ3) is 2.50. The number of hydrogen-bond acceptors (Lipinski definition) is 3. The Morgan fingerprint density at radius 1 is 1.24 bits per heavy atom. The van der Waals surface area contributed by atoms with Crippen LogP contribution in [0.5, 0.6) is 0 Å². The minimum absolute atomic E-state index is 0.136. The Balaban J connectivity index is 2.19. The van der Waals surface area contributed by atoms with Crippen LogP contribution in [0.3, 0.4) is 0 Å². The summed E-state index contributed by atoms with van der Waals surface area (Å²) < 4.78 is 7.56. The first-order valence-electron chi connectivity index (χ1n) is 6.16. The van der Waals surface area contributed by atoms with Crippen molar-refractivity contribution >= 4 is 32.9 Å². The molecule has 0 radical (unpaired) electrons. The molecule has 6 heteroatoms. The first-order valence-corrected chi connectivity index (χ1v) is 6.95. The van der Waals surface area contributed by atoms with Crippen LogP contribution in [0.25, 0.3) is 11.0 Å². The molecule has 1 N–H and O–H groups in total. The van der Waals surface area contributed by atoms with E-state index in [1.807, 2.05) is 0 Å². The molecule has 0 aliphatic rings. The second-order valence-corrected chi connectivity index (χ2v) is 5.44. The minimum Gasteiger partial charge on any atom is -0.475 e. The summed E-state index contributed by atoms with van der Waals surface area (Å²) >= 11 is 3.30. The van der Waals surface area contributed by atoms with Crippen LogP contribution >= 0.6 is 15.9 Å². The highest BCUT2D eigenvalue weighted by atomic mass is 79.9. The van der Waals surface area contributed by atoms with Crippen LogP contribution in [0, 0.1) is 0 Å². The van der Waals surface area contributed by atoms with Crippen LogP contribution < -0.4 is 5.56 Å². The van der Waals surface area contributed by atoms with E-state index in [0.717, 1.165) is 4.47 Å². The average molecular weight is 348 g/mol. The number of halogens is 1. The zero-order chi connectivity index (χ0) is 15.0. The highest BCUT2D eigenvalue weighted by Gasteiger charge is 2.20. The zero-order valence-corrected chi connectivity index (χ0v) is 12.3. The molecule has 0 aliphatic heterocycles. The molecule has 0 saturated heterocycles. The Kier molecular flexibility index (Phi) is 3.39. The Morgan fingerprint density at radius 2 is 2.00 bits per heavy atom. The first kappa shape index (κ1) is 13.6. The Hall–Kier alpha value is -2.34. The van der Waals surface area contributed by atoms with Crippen molar-refractivity contribution in [1.82, 2.24) is 4.57 Å². The number of pyridine rings is 1. The molecular weight excluding hydrogens is 338 g/mol. The van der Waals surface area contributed by atoms with Crippen molar-refractivity contribution in [3.63, 3.8) is 0 Å². The summed E-state index contributed by atoms with van der Waals surface area (Å²) in [6.07, 6.45) is 1.62. The fraction of sp³-hybridized carbons (Fsp3) is 0.0667. The van der Waals surface area contributed by atoms with Gasteiger partial charge in [0, 0.05) is 27.7 Å². The molecule has 0 bridgehead atoms. The van der Waals surface area contributed by atoms with Gasteiger partial charge >= 0.3 is 5.97 Å². The van der Waals surface area contributed by atoms with E-state index in [9.17, 15) is 14.7 Å². The van der Waals surface area contributed by atoms with Gasteiger partial charge in [-0.05, 0) is 28.1 Å². The molecule has 0 atom stereocenters. The number of fused-ring (bicyclic) bond motifs is 1. The van der Waals surface area contributed by atoms with Crippen molar-refractivity contribution in [1.29, 1.82) is 0 Å². The lowest BCUT2D eigenvalue weighted by molar-refractivity contribution is 0.0663. The van der Waals surface area contributed by atoms with Gasteiger partial charge in [-0.2, -0.15) is 0 Å². The van der Waals surface area contributed by atoms with E-state index in [2.05, 4.69) is 15.9 Å². The topological polar surface area (TPSA) is 72.4 Å². The van der Waals surface area contributed by atoms with E-state index >= 15 is 0 Å². The molecule has 106 valence electrons. The molecule has 1 aromatic carbocycles. The van der Waals surface area contributed by atoms with Crippen LogP contribution in [0.1, 0.15) is 16.1 Å². The lowest BCUT2D eigenvalue weighted by Gasteiger charge is -2.05. The molecule has 0 aliphatic carbocycles. The molecule has 2 heterocycles. The summed E-state index contributed by atoms with van der Waals surface area (Å²) in [5.74, 6) is -1.28. The number of para-hydroxylation sites is 1. The molecule has 0 unspecified atom stereocenters. The second-order valence-electron chi connectivity index (χ2n) is 4.52. The molecule has 5 nitrogen and oxygen atoms in total. The zero-order valence-electron chi connectivity index (χ0n) is 10.7. The van der Waals surface area contributed by atoms with Crippen LogP contribution in [-0.2, 0) is 6.54 Å². The maximum Gasteiger partial charge on any atom is 0.372 e. The molecule has 0 spiro atoms. The van der Waals surface area contributed by atoms with Crippen molar-refractivity contribution < 1.29 is 14.3 Å². The molecule has 3 aromatic rings. The summed E-state index contributed by atoms with van der Waals surface area (Å²) in [7, 11) is 0. The Bertz CT molecular complexity index is 894. The molecule has 0 saturated carbocycles. The number of nitrogens with zero attached hydrogens (tertiary/aromatic N) is 1. The van der Waals surface area contributed by atoms with Crippen LogP contribution in [0.15, 0.2) is 56.3 Å². The van der Waals surface area contributed by atoms with Gasteiger partial charge in [0.05, 0.1) is 6.54 Å². The number of aromatic nitrogens is 1. The van der Waals surface area contributed by atoms with Gasteiger partial charge in [-0.25, -0.2) is 4.79 Å². The summed E-state index contributed by atoms with van der Waals surface area (Å²) in [6, 6.07) is 10.1. The summed E-state index contributed by atoms with van der Waals surface area (Å²) in [6.45, 7) is 0.136. The summed E-state index contributed by atoms with van der Waals surface area (Å²) in [4.78, 5) is 23.2. The van der Waals surface area contributed by atoms with Gasteiger partial charge in [0.15, 0.2) is 0 Å². The maximum atomic E-state index is 11.9. The molecular formula is C15H10BrNO4. The normalized spacial score (nSPS) is 10.9. The molecule has 0 fully saturated rings. The van der Waals surface area contributed by atoms with Gasteiger partial charge in [-0.15, -0.1) is 0 Å². The van der Waals surface area contributed by atoms with E-state index in [4.69, 9.17) is 4.42 Å². The standard InChI is InChI=1S/C15H10BrNO4/c16-9-5-6-13(18)17(7-9)8-11-10-3-1-2-4-12(10)21-14(11)15(19)20/h1-7H,8H2,(H,19,20). The van der Waals surface area contributed by atoms with Crippen molar-refractivity contribution in [3.05, 3.63) is 68.7 Å². The maximum absolute atomic E-state index is 11.9. The van der Waals surface area contributed by atoms with Gasteiger partial charge < -0.3 is 14.1 Å². The average Bonchev–Trinajstić information content (AvgIpc) is 2.82. The van der Waals surface area contributed by atoms with Gasteiger partial charge in [0.25, 0.3) is 5.56 Å². The Labute approximate surface area is 127 Å². The first-order chi connectivity index (χ1) is 10.1. The largest absolute Gasteiger partial charge is 0.475 e. The van der Waals surface area contributed by atoms with E-state index in [0.29, 0.717) is 16.5 Å². The third-order valence-corrected chi connectivity index (χ3v) is 3.64. The predicted molar refractivity (Wildman–Crippen MR) is 80.7 cm³/mol. The highest BCUT2D eigenvalue weighted by molar-refractivity contribution is 9.10. The van der Waals surface area contributed by atoms with Gasteiger partial charge in [-0.3, -0.25) is 4.79 Å². The number of furan rings is 1. The van der Waals surface area contributed by atoms with Crippen molar-refractivity contribution in [2.75, 3.05) is 0 Å². The number of rotatable bonds is 3. The number of hydrogen-bond donors (Lipinski definition) is 1. The smallest absolute Gasteiger partial charge is 0.372 e. The third-order valence-electron chi connectivity index (χ3n) is 3.17. The minimum atomic E-state index is -1.15.